The van der Waals surface area contributed by atoms with E-state index in [2.05, 4.69) is 19.2 Å². The zero-order valence-electron chi connectivity index (χ0n) is 11.8. The third-order valence-electron chi connectivity index (χ3n) is 4.31. The lowest BCUT2D eigenvalue weighted by atomic mass is 9.66. The molecule has 0 spiro atoms. The van der Waals surface area contributed by atoms with Gasteiger partial charge in [-0.1, -0.05) is 19.9 Å². The number of hydrogen-bond acceptors (Lipinski definition) is 3. The first-order valence-electron chi connectivity index (χ1n) is 7.03. The highest BCUT2D eigenvalue weighted by molar-refractivity contribution is 5.42. The molecule has 0 aliphatic heterocycles. The van der Waals surface area contributed by atoms with Gasteiger partial charge >= 0.3 is 0 Å². The van der Waals surface area contributed by atoms with Crippen LogP contribution in [-0.4, -0.2) is 17.5 Å². The topological polar surface area (TPSA) is 55.2 Å². The van der Waals surface area contributed by atoms with Crippen LogP contribution >= 0.6 is 0 Å². The molecule has 3 unspecified atom stereocenters. The van der Waals surface area contributed by atoms with Crippen LogP contribution in [0.25, 0.3) is 0 Å². The van der Waals surface area contributed by atoms with E-state index in [4.69, 9.17) is 0 Å². The third-order valence-corrected chi connectivity index (χ3v) is 4.31. The Bertz CT molecular complexity index is 473. The van der Waals surface area contributed by atoms with Crippen LogP contribution in [0.15, 0.2) is 18.2 Å². The lowest BCUT2D eigenvalue weighted by Crippen LogP contribution is -2.48. The van der Waals surface area contributed by atoms with Crippen molar-refractivity contribution in [1.29, 1.82) is 0 Å². The molecule has 1 aromatic rings. The lowest BCUT2D eigenvalue weighted by Gasteiger charge is -2.44. The first kappa shape index (κ1) is 14.0. The molecule has 1 saturated carbocycles. The van der Waals surface area contributed by atoms with Crippen molar-refractivity contribution in [2.24, 2.45) is 5.92 Å². The molecule has 19 heavy (non-hydrogen) atoms. The number of nitrogens with one attached hydrogen (secondary N) is 1. The van der Waals surface area contributed by atoms with Gasteiger partial charge in [-0.2, -0.15) is 0 Å². The molecule has 1 N–H and O–H groups in total. The number of hydrogen-bond donors (Lipinski definition) is 1. The predicted octanol–water partition coefficient (Wildman–Crippen LogP) is 3.39. The summed E-state index contributed by atoms with van der Waals surface area (Å²) >= 11 is 0. The monoisotopic (exact) mass is 262 g/mol. The molecule has 0 heterocycles. The third kappa shape index (κ3) is 2.78. The number of rotatable bonds is 5. The van der Waals surface area contributed by atoms with Crippen molar-refractivity contribution in [1.82, 2.24) is 5.32 Å². The molecular formula is C15H22N2O2. The zero-order chi connectivity index (χ0) is 14.0. The van der Waals surface area contributed by atoms with Gasteiger partial charge in [0.05, 0.1) is 4.92 Å². The van der Waals surface area contributed by atoms with Gasteiger partial charge in [0.25, 0.3) is 5.69 Å². The van der Waals surface area contributed by atoms with Gasteiger partial charge in [-0.3, -0.25) is 10.1 Å². The largest absolute Gasteiger partial charge is 0.314 e. The number of non-ortho nitro benzene ring substituents is 1. The summed E-state index contributed by atoms with van der Waals surface area (Å²) in [4.78, 5) is 10.6. The molecule has 0 aromatic heterocycles. The van der Waals surface area contributed by atoms with E-state index < -0.39 is 0 Å². The van der Waals surface area contributed by atoms with Crippen LogP contribution < -0.4 is 5.32 Å². The summed E-state index contributed by atoms with van der Waals surface area (Å²) in [5, 5.41) is 14.4. The van der Waals surface area contributed by atoms with E-state index in [1.165, 1.54) is 0 Å². The van der Waals surface area contributed by atoms with Crippen molar-refractivity contribution in [2.75, 3.05) is 6.54 Å². The number of nitro benzene ring substituents is 1. The SMILES string of the molecule is CCCNC1CC(c2cc([N+](=O)[O-])ccc2C)C1C. The van der Waals surface area contributed by atoms with Crippen molar-refractivity contribution >= 4 is 5.69 Å². The average molecular weight is 262 g/mol. The molecule has 104 valence electrons. The molecule has 1 aromatic carbocycles. The summed E-state index contributed by atoms with van der Waals surface area (Å²) in [6.07, 6.45) is 2.23. The highest BCUT2D eigenvalue weighted by Gasteiger charge is 2.39. The Morgan fingerprint density at radius 1 is 1.47 bits per heavy atom. The van der Waals surface area contributed by atoms with E-state index >= 15 is 0 Å². The second-order valence-electron chi connectivity index (χ2n) is 5.56. The number of aryl methyl sites for hydroxylation is 1. The molecule has 4 heteroatoms. The van der Waals surface area contributed by atoms with Crippen molar-refractivity contribution in [2.45, 2.75) is 45.6 Å². The number of benzene rings is 1. The van der Waals surface area contributed by atoms with Gasteiger partial charge in [-0.15, -0.1) is 0 Å². The zero-order valence-corrected chi connectivity index (χ0v) is 11.8. The molecule has 0 amide bonds. The van der Waals surface area contributed by atoms with Crippen molar-refractivity contribution in [3.8, 4) is 0 Å². The van der Waals surface area contributed by atoms with Gasteiger partial charge < -0.3 is 5.32 Å². The molecular weight excluding hydrogens is 240 g/mol. The van der Waals surface area contributed by atoms with Gasteiger partial charge in [-0.25, -0.2) is 0 Å². The van der Waals surface area contributed by atoms with Crippen LogP contribution in [0.3, 0.4) is 0 Å². The summed E-state index contributed by atoms with van der Waals surface area (Å²) < 4.78 is 0. The normalized spacial score (nSPS) is 25.9. The van der Waals surface area contributed by atoms with Gasteiger partial charge in [0.1, 0.15) is 0 Å². The van der Waals surface area contributed by atoms with E-state index in [-0.39, 0.29) is 10.6 Å². The Labute approximate surface area is 114 Å². The van der Waals surface area contributed by atoms with Crippen LogP contribution in [-0.2, 0) is 0 Å². The summed E-state index contributed by atoms with van der Waals surface area (Å²) in [6.45, 7) is 7.49. The van der Waals surface area contributed by atoms with Gasteiger partial charge in [0.15, 0.2) is 0 Å². The number of nitrogens with zero attached hydrogens (tertiary/aromatic N) is 1. The molecule has 1 aliphatic rings. The van der Waals surface area contributed by atoms with Gasteiger partial charge in [-0.05, 0) is 49.3 Å². The fourth-order valence-electron chi connectivity index (χ4n) is 2.94. The highest BCUT2D eigenvalue weighted by atomic mass is 16.6. The van der Waals surface area contributed by atoms with Crippen molar-refractivity contribution in [3.63, 3.8) is 0 Å². The molecule has 1 fully saturated rings. The Hall–Kier alpha value is -1.42. The predicted molar refractivity (Wildman–Crippen MR) is 76.4 cm³/mol. The van der Waals surface area contributed by atoms with E-state index in [1.807, 2.05) is 13.0 Å². The van der Waals surface area contributed by atoms with Crippen LogP contribution in [0.1, 0.15) is 43.7 Å². The lowest BCUT2D eigenvalue weighted by molar-refractivity contribution is -0.385. The minimum absolute atomic E-state index is 0.206. The molecule has 0 bridgehead atoms. The molecule has 4 nitrogen and oxygen atoms in total. The Morgan fingerprint density at radius 2 is 2.21 bits per heavy atom. The second-order valence-corrected chi connectivity index (χ2v) is 5.56. The van der Waals surface area contributed by atoms with E-state index in [9.17, 15) is 10.1 Å². The first-order chi connectivity index (χ1) is 9.04. The molecule has 1 aliphatic carbocycles. The maximum atomic E-state index is 10.9. The summed E-state index contributed by atoms with van der Waals surface area (Å²) in [5.41, 5.74) is 2.52. The summed E-state index contributed by atoms with van der Waals surface area (Å²) in [5.74, 6) is 1.00. The van der Waals surface area contributed by atoms with Crippen LogP contribution in [0.4, 0.5) is 5.69 Å². The van der Waals surface area contributed by atoms with Crippen LogP contribution in [0.5, 0.6) is 0 Å². The van der Waals surface area contributed by atoms with E-state index in [1.54, 1.807) is 12.1 Å². The summed E-state index contributed by atoms with van der Waals surface area (Å²) in [6, 6.07) is 5.78. The smallest absolute Gasteiger partial charge is 0.269 e. The Kier molecular flexibility index (Phi) is 4.20. The van der Waals surface area contributed by atoms with Crippen LogP contribution in [0.2, 0.25) is 0 Å². The van der Waals surface area contributed by atoms with E-state index in [0.717, 1.165) is 30.5 Å². The quantitative estimate of drug-likeness (QED) is 0.653. The molecule has 0 radical (unpaired) electrons. The first-order valence-corrected chi connectivity index (χ1v) is 7.03. The standard InChI is InChI=1S/C15H22N2O2/c1-4-7-16-15-9-14(11(15)3)13-8-12(17(18)19)6-5-10(13)2/h5-6,8,11,14-16H,4,7,9H2,1-3H3. The van der Waals surface area contributed by atoms with Gasteiger partial charge in [0, 0.05) is 18.2 Å². The number of nitro groups is 1. The molecule has 2 rings (SSSR count). The van der Waals surface area contributed by atoms with E-state index in [0.29, 0.717) is 17.9 Å². The second kappa shape index (κ2) is 5.70. The maximum Gasteiger partial charge on any atom is 0.269 e. The minimum atomic E-state index is -0.306. The molecule has 0 saturated heterocycles. The maximum absolute atomic E-state index is 10.9. The fraction of sp³-hybridized carbons (Fsp3) is 0.600. The Morgan fingerprint density at radius 3 is 2.79 bits per heavy atom. The van der Waals surface area contributed by atoms with Gasteiger partial charge in [0.2, 0.25) is 0 Å². The average Bonchev–Trinajstić information content (AvgIpc) is 2.38. The summed E-state index contributed by atoms with van der Waals surface area (Å²) in [7, 11) is 0. The molecule has 3 atom stereocenters. The van der Waals surface area contributed by atoms with Crippen molar-refractivity contribution in [3.05, 3.63) is 39.4 Å². The van der Waals surface area contributed by atoms with Crippen molar-refractivity contribution < 1.29 is 4.92 Å². The fourth-order valence-corrected chi connectivity index (χ4v) is 2.94. The highest BCUT2D eigenvalue weighted by Crippen LogP contribution is 2.44. The minimum Gasteiger partial charge on any atom is -0.314 e. The Balaban J connectivity index is 2.11. The van der Waals surface area contributed by atoms with Crippen LogP contribution in [0, 0.1) is 23.0 Å².